The molecule has 2 aromatic rings. The van der Waals surface area contributed by atoms with Crippen molar-refractivity contribution >= 4 is 17.3 Å². The number of anilines is 1. The molecule has 0 fully saturated rings. The summed E-state index contributed by atoms with van der Waals surface area (Å²) in [6.45, 7) is 2.02. The number of benzene rings is 1. The molecule has 84 valence electrons. The van der Waals surface area contributed by atoms with Gasteiger partial charge in [0.15, 0.2) is 11.6 Å². The Morgan fingerprint density at radius 1 is 1.44 bits per heavy atom. The summed E-state index contributed by atoms with van der Waals surface area (Å²) in [7, 11) is 1.86. The minimum atomic E-state index is 0.596. The van der Waals surface area contributed by atoms with E-state index in [9.17, 15) is 0 Å². The molecule has 1 heterocycles. The zero-order valence-electron chi connectivity index (χ0n) is 9.24. The van der Waals surface area contributed by atoms with E-state index in [1.165, 1.54) is 0 Å². The number of nitrogens with two attached hydrogens (primary N) is 1. The lowest BCUT2D eigenvalue weighted by Gasteiger charge is -2.03. The van der Waals surface area contributed by atoms with Crippen molar-refractivity contribution in [1.82, 2.24) is 14.8 Å². The Hall–Kier alpha value is -1.55. The predicted octanol–water partition coefficient (Wildman–Crippen LogP) is 2.28. The largest absolute Gasteiger partial charge is 0.399 e. The second-order valence-electron chi connectivity index (χ2n) is 3.57. The van der Waals surface area contributed by atoms with Gasteiger partial charge in [-0.15, -0.1) is 0 Å². The van der Waals surface area contributed by atoms with Crippen molar-refractivity contribution in [3.05, 3.63) is 29.0 Å². The minimum absolute atomic E-state index is 0.596. The van der Waals surface area contributed by atoms with E-state index in [0.717, 1.165) is 23.6 Å². The molecule has 0 atom stereocenters. The van der Waals surface area contributed by atoms with Gasteiger partial charge in [0.2, 0.25) is 0 Å². The van der Waals surface area contributed by atoms with Crippen LogP contribution in [0.5, 0.6) is 0 Å². The molecule has 16 heavy (non-hydrogen) atoms. The minimum Gasteiger partial charge on any atom is -0.399 e. The molecule has 0 bridgehead atoms. The first-order valence-electron chi connectivity index (χ1n) is 5.07. The highest BCUT2D eigenvalue weighted by molar-refractivity contribution is 6.33. The summed E-state index contributed by atoms with van der Waals surface area (Å²) >= 11 is 6.13. The molecule has 1 aromatic carbocycles. The number of aryl methyl sites for hydroxylation is 2. The van der Waals surface area contributed by atoms with Gasteiger partial charge in [-0.3, -0.25) is 0 Å². The average Bonchev–Trinajstić information content (AvgIpc) is 2.60. The van der Waals surface area contributed by atoms with E-state index in [1.807, 2.05) is 26.1 Å². The number of rotatable bonds is 2. The quantitative estimate of drug-likeness (QED) is 0.814. The third-order valence-electron chi connectivity index (χ3n) is 2.36. The van der Waals surface area contributed by atoms with Crippen molar-refractivity contribution in [2.24, 2.45) is 7.05 Å². The van der Waals surface area contributed by atoms with Crippen LogP contribution in [0.3, 0.4) is 0 Å². The van der Waals surface area contributed by atoms with E-state index in [0.29, 0.717) is 10.7 Å². The van der Waals surface area contributed by atoms with Crippen LogP contribution in [-0.4, -0.2) is 14.8 Å². The van der Waals surface area contributed by atoms with E-state index in [2.05, 4.69) is 10.1 Å². The molecule has 1 aromatic heterocycles. The first-order valence-corrected chi connectivity index (χ1v) is 5.45. The van der Waals surface area contributed by atoms with Crippen molar-refractivity contribution in [2.45, 2.75) is 13.3 Å². The van der Waals surface area contributed by atoms with Gasteiger partial charge in [-0.25, -0.2) is 9.67 Å². The fraction of sp³-hybridized carbons (Fsp3) is 0.273. The van der Waals surface area contributed by atoms with Gasteiger partial charge in [-0.2, -0.15) is 5.10 Å². The fourth-order valence-electron chi connectivity index (χ4n) is 1.53. The molecule has 2 rings (SSSR count). The smallest absolute Gasteiger partial charge is 0.159 e. The van der Waals surface area contributed by atoms with Crippen LogP contribution in [-0.2, 0) is 13.5 Å². The average molecular weight is 237 g/mol. The van der Waals surface area contributed by atoms with Crippen molar-refractivity contribution < 1.29 is 0 Å². The SMILES string of the molecule is CCc1nc(-c2ccc(N)cc2Cl)n(C)n1. The van der Waals surface area contributed by atoms with Gasteiger partial charge in [0.25, 0.3) is 0 Å². The summed E-state index contributed by atoms with van der Waals surface area (Å²) in [5, 5.41) is 4.88. The van der Waals surface area contributed by atoms with Crippen molar-refractivity contribution in [2.75, 3.05) is 5.73 Å². The summed E-state index contributed by atoms with van der Waals surface area (Å²) in [5.41, 5.74) is 7.15. The lowest BCUT2D eigenvalue weighted by Crippen LogP contribution is -1.95. The zero-order valence-corrected chi connectivity index (χ0v) is 9.99. The summed E-state index contributed by atoms with van der Waals surface area (Å²) < 4.78 is 1.73. The van der Waals surface area contributed by atoms with Gasteiger partial charge in [0.05, 0.1) is 5.02 Å². The maximum Gasteiger partial charge on any atom is 0.159 e. The van der Waals surface area contributed by atoms with Crippen LogP contribution in [0.4, 0.5) is 5.69 Å². The van der Waals surface area contributed by atoms with Gasteiger partial charge in [-0.05, 0) is 18.2 Å². The van der Waals surface area contributed by atoms with E-state index < -0.39 is 0 Å². The highest BCUT2D eigenvalue weighted by Crippen LogP contribution is 2.27. The van der Waals surface area contributed by atoms with Crippen molar-refractivity contribution in [1.29, 1.82) is 0 Å². The predicted molar refractivity (Wildman–Crippen MR) is 65.2 cm³/mol. The Labute approximate surface area is 99.1 Å². The normalized spacial score (nSPS) is 10.7. The maximum atomic E-state index is 6.13. The van der Waals surface area contributed by atoms with Gasteiger partial charge >= 0.3 is 0 Å². The molecule has 0 aliphatic rings. The standard InChI is InChI=1S/C11H13ClN4/c1-3-10-14-11(16(2)15-10)8-5-4-7(13)6-9(8)12/h4-6H,3,13H2,1-2H3. The van der Waals surface area contributed by atoms with E-state index >= 15 is 0 Å². The Balaban J connectivity index is 2.53. The van der Waals surface area contributed by atoms with Crippen LogP contribution in [0.2, 0.25) is 5.02 Å². The third kappa shape index (κ3) is 1.88. The molecule has 0 saturated carbocycles. The number of hydrogen-bond acceptors (Lipinski definition) is 3. The van der Waals surface area contributed by atoms with Gasteiger partial charge < -0.3 is 5.73 Å². The lowest BCUT2D eigenvalue weighted by molar-refractivity contribution is 0.753. The molecule has 0 unspecified atom stereocenters. The van der Waals surface area contributed by atoms with Crippen LogP contribution >= 0.6 is 11.6 Å². The topological polar surface area (TPSA) is 56.7 Å². The summed E-state index contributed by atoms with van der Waals surface area (Å²) in [6, 6.07) is 5.39. The first kappa shape index (κ1) is 11.0. The Morgan fingerprint density at radius 2 is 2.19 bits per heavy atom. The van der Waals surface area contributed by atoms with Gasteiger partial charge in [0, 0.05) is 24.7 Å². The fourth-order valence-corrected chi connectivity index (χ4v) is 1.81. The lowest BCUT2D eigenvalue weighted by atomic mass is 10.2. The van der Waals surface area contributed by atoms with Crippen LogP contribution < -0.4 is 5.73 Å². The molecule has 0 aliphatic heterocycles. The number of halogens is 1. The number of nitrogens with zero attached hydrogens (tertiary/aromatic N) is 3. The van der Waals surface area contributed by atoms with Gasteiger partial charge in [-0.1, -0.05) is 18.5 Å². The van der Waals surface area contributed by atoms with E-state index in [4.69, 9.17) is 17.3 Å². The zero-order chi connectivity index (χ0) is 11.7. The van der Waals surface area contributed by atoms with Crippen molar-refractivity contribution in [3.8, 4) is 11.4 Å². The molecule has 0 amide bonds. The molecule has 0 spiro atoms. The summed E-state index contributed by atoms with van der Waals surface area (Å²) in [4.78, 5) is 4.42. The Morgan fingerprint density at radius 3 is 2.75 bits per heavy atom. The van der Waals surface area contributed by atoms with Crippen LogP contribution in [0.15, 0.2) is 18.2 Å². The van der Waals surface area contributed by atoms with Crippen molar-refractivity contribution in [3.63, 3.8) is 0 Å². The summed E-state index contributed by atoms with van der Waals surface area (Å²) in [6.07, 6.45) is 0.806. The number of aromatic nitrogens is 3. The molecule has 0 radical (unpaired) electrons. The number of hydrogen-bond donors (Lipinski definition) is 1. The Kier molecular flexibility index (Phi) is 2.83. The second-order valence-corrected chi connectivity index (χ2v) is 3.98. The highest BCUT2D eigenvalue weighted by Gasteiger charge is 2.11. The molecule has 4 nitrogen and oxygen atoms in total. The van der Waals surface area contributed by atoms with E-state index in [-0.39, 0.29) is 0 Å². The van der Waals surface area contributed by atoms with E-state index in [1.54, 1.807) is 10.7 Å². The molecule has 5 heteroatoms. The van der Waals surface area contributed by atoms with Crippen LogP contribution in [0, 0.1) is 0 Å². The molecule has 0 saturated heterocycles. The maximum absolute atomic E-state index is 6.13. The molecular weight excluding hydrogens is 224 g/mol. The second kappa shape index (κ2) is 4.14. The van der Waals surface area contributed by atoms with Crippen LogP contribution in [0.25, 0.3) is 11.4 Å². The van der Waals surface area contributed by atoms with Gasteiger partial charge in [0.1, 0.15) is 0 Å². The third-order valence-corrected chi connectivity index (χ3v) is 2.67. The monoisotopic (exact) mass is 236 g/mol. The first-order chi connectivity index (χ1) is 7.61. The van der Waals surface area contributed by atoms with Crippen LogP contribution in [0.1, 0.15) is 12.7 Å². The summed E-state index contributed by atoms with van der Waals surface area (Å²) in [5.74, 6) is 1.58. The molecular formula is C11H13ClN4. The molecule has 0 aliphatic carbocycles. The Bertz CT molecular complexity index is 519. The molecule has 2 N–H and O–H groups in total. The highest BCUT2D eigenvalue weighted by atomic mass is 35.5. The number of nitrogen functional groups attached to an aromatic ring is 1.